The number of rotatable bonds is 5. The molecular weight excluding hydrogens is 290 g/mol. The highest BCUT2D eigenvalue weighted by atomic mass is 16.4. The van der Waals surface area contributed by atoms with Gasteiger partial charge in [-0.2, -0.15) is 5.26 Å². The van der Waals surface area contributed by atoms with Gasteiger partial charge in [0.25, 0.3) is 0 Å². The molecule has 3 rings (SSSR count). The Balaban J connectivity index is 1.51. The second-order valence-corrected chi connectivity index (χ2v) is 6.03. The van der Waals surface area contributed by atoms with Crippen LogP contribution in [0.15, 0.2) is 22.7 Å². The molecule has 0 amide bonds. The summed E-state index contributed by atoms with van der Waals surface area (Å²) >= 11 is 0. The molecule has 0 bridgehead atoms. The van der Waals surface area contributed by atoms with Crippen LogP contribution in [-0.4, -0.2) is 34.5 Å². The van der Waals surface area contributed by atoms with Crippen molar-refractivity contribution < 1.29 is 4.42 Å². The zero-order chi connectivity index (χ0) is 16.2. The van der Waals surface area contributed by atoms with Crippen molar-refractivity contribution in [3.05, 3.63) is 41.2 Å². The lowest BCUT2D eigenvalue weighted by atomic mass is 10.1. The van der Waals surface area contributed by atoms with Crippen LogP contribution in [0.3, 0.4) is 0 Å². The molecule has 2 aromatic heterocycles. The van der Waals surface area contributed by atoms with Gasteiger partial charge in [0.05, 0.1) is 17.8 Å². The summed E-state index contributed by atoms with van der Waals surface area (Å²) in [4.78, 5) is 11.0. The van der Waals surface area contributed by atoms with E-state index in [1.165, 1.54) is 0 Å². The van der Waals surface area contributed by atoms with Crippen molar-refractivity contribution in [3.63, 3.8) is 0 Å². The molecule has 6 nitrogen and oxygen atoms in total. The SMILES string of the molecule is Cc1nc(CN2CC[C@@H](CNc3ncccc3C#N)C2)oc1C. The molecule has 0 saturated carbocycles. The Labute approximate surface area is 136 Å². The van der Waals surface area contributed by atoms with Gasteiger partial charge in [-0.3, -0.25) is 4.90 Å². The van der Waals surface area contributed by atoms with Gasteiger partial charge in [-0.1, -0.05) is 0 Å². The lowest BCUT2D eigenvalue weighted by molar-refractivity contribution is 0.279. The molecule has 1 atom stereocenters. The highest BCUT2D eigenvalue weighted by Gasteiger charge is 2.24. The quantitative estimate of drug-likeness (QED) is 0.914. The van der Waals surface area contributed by atoms with E-state index in [1.807, 2.05) is 13.8 Å². The standard InChI is InChI=1S/C17H21N5O/c1-12-13(2)23-16(21-12)11-22-7-5-14(10-22)9-20-17-15(8-18)4-3-6-19-17/h3-4,6,14H,5,7,9-11H2,1-2H3,(H,19,20)/t14-/m0/s1. The van der Waals surface area contributed by atoms with Crippen molar-refractivity contribution >= 4 is 5.82 Å². The molecule has 2 aromatic rings. The third-order valence-corrected chi connectivity index (χ3v) is 4.29. The minimum Gasteiger partial charge on any atom is -0.444 e. The highest BCUT2D eigenvalue weighted by molar-refractivity contribution is 5.51. The van der Waals surface area contributed by atoms with Crippen molar-refractivity contribution in [2.45, 2.75) is 26.8 Å². The molecule has 1 N–H and O–H groups in total. The molecule has 0 aliphatic carbocycles. The average Bonchev–Trinajstić information content (AvgIpc) is 3.12. The normalized spacial score (nSPS) is 18.0. The van der Waals surface area contributed by atoms with Crippen molar-refractivity contribution in [2.24, 2.45) is 5.92 Å². The molecule has 0 aromatic carbocycles. The lowest BCUT2D eigenvalue weighted by Gasteiger charge is -2.15. The Morgan fingerprint density at radius 2 is 2.35 bits per heavy atom. The number of pyridine rings is 1. The van der Waals surface area contributed by atoms with E-state index in [-0.39, 0.29) is 0 Å². The zero-order valence-corrected chi connectivity index (χ0v) is 13.5. The van der Waals surface area contributed by atoms with Crippen LogP contribution in [0.2, 0.25) is 0 Å². The van der Waals surface area contributed by atoms with Gasteiger partial charge in [0.15, 0.2) is 0 Å². The molecule has 1 aliphatic heterocycles. The van der Waals surface area contributed by atoms with E-state index >= 15 is 0 Å². The van der Waals surface area contributed by atoms with Crippen LogP contribution in [0.25, 0.3) is 0 Å². The Morgan fingerprint density at radius 1 is 1.48 bits per heavy atom. The molecular formula is C17H21N5O. The number of aryl methyl sites for hydroxylation is 2. The number of oxazole rings is 1. The van der Waals surface area contributed by atoms with E-state index in [4.69, 9.17) is 9.68 Å². The summed E-state index contributed by atoms with van der Waals surface area (Å²) in [5, 5.41) is 12.4. The van der Waals surface area contributed by atoms with E-state index in [2.05, 4.69) is 26.3 Å². The van der Waals surface area contributed by atoms with Gasteiger partial charge >= 0.3 is 0 Å². The number of nitrogens with zero attached hydrogens (tertiary/aromatic N) is 4. The van der Waals surface area contributed by atoms with Gasteiger partial charge in [-0.25, -0.2) is 9.97 Å². The topological polar surface area (TPSA) is 78.0 Å². The van der Waals surface area contributed by atoms with E-state index in [0.29, 0.717) is 17.3 Å². The second-order valence-electron chi connectivity index (χ2n) is 6.03. The van der Waals surface area contributed by atoms with Gasteiger partial charge in [0, 0.05) is 19.3 Å². The third-order valence-electron chi connectivity index (χ3n) is 4.29. The number of nitrogens with one attached hydrogen (secondary N) is 1. The Bertz CT molecular complexity index is 699. The van der Waals surface area contributed by atoms with Gasteiger partial charge in [-0.05, 0) is 44.9 Å². The minimum absolute atomic E-state index is 0.542. The monoisotopic (exact) mass is 311 g/mol. The number of aromatic nitrogens is 2. The minimum atomic E-state index is 0.542. The van der Waals surface area contributed by atoms with Crippen LogP contribution in [0.5, 0.6) is 0 Å². The number of likely N-dealkylation sites (tertiary alicyclic amines) is 1. The first kappa shape index (κ1) is 15.5. The van der Waals surface area contributed by atoms with Gasteiger partial charge in [-0.15, -0.1) is 0 Å². The van der Waals surface area contributed by atoms with Crippen molar-refractivity contribution in [1.29, 1.82) is 5.26 Å². The van der Waals surface area contributed by atoms with Crippen molar-refractivity contribution in [3.8, 4) is 6.07 Å². The number of hydrogen-bond acceptors (Lipinski definition) is 6. The van der Waals surface area contributed by atoms with E-state index < -0.39 is 0 Å². The van der Waals surface area contributed by atoms with Gasteiger partial charge in [0.2, 0.25) is 5.89 Å². The molecule has 0 unspecified atom stereocenters. The van der Waals surface area contributed by atoms with Crippen LogP contribution in [0, 0.1) is 31.1 Å². The first-order valence-electron chi connectivity index (χ1n) is 7.90. The Kier molecular flexibility index (Phi) is 4.58. The number of anilines is 1. The summed E-state index contributed by atoms with van der Waals surface area (Å²) in [6.07, 6.45) is 2.83. The summed E-state index contributed by atoms with van der Waals surface area (Å²) in [7, 11) is 0. The molecule has 120 valence electrons. The third kappa shape index (κ3) is 3.69. The molecule has 3 heterocycles. The summed E-state index contributed by atoms with van der Waals surface area (Å²) < 4.78 is 5.66. The van der Waals surface area contributed by atoms with Gasteiger partial charge < -0.3 is 9.73 Å². The summed E-state index contributed by atoms with van der Waals surface area (Å²) in [5.74, 6) is 2.91. The molecule has 23 heavy (non-hydrogen) atoms. The maximum atomic E-state index is 9.09. The molecule has 1 aliphatic rings. The molecule has 1 saturated heterocycles. The zero-order valence-electron chi connectivity index (χ0n) is 13.5. The summed E-state index contributed by atoms with van der Waals surface area (Å²) in [6, 6.07) is 5.72. The van der Waals surface area contributed by atoms with Gasteiger partial charge in [0.1, 0.15) is 17.6 Å². The Morgan fingerprint density at radius 3 is 3.09 bits per heavy atom. The maximum absolute atomic E-state index is 9.09. The summed E-state index contributed by atoms with van der Waals surface area (Å²) in [5.41, 5.74) is 1.56. The van der Waals surface area contributed by atoms with Crippen LogP contribution >= 0.6 is 0 Å². The maximum Gasteiger partial charge on any atom is 0.208 e. The predicted molar refractivity (Wildman–Crippen MR) is 86.8 cm³/mol. The molecule has 0 radical (unpaired) electrons. The largest absolute Gasteiger partial charge is 0.444 e. The summed E-state index contributed by atoms with van der Waals surface area (Å²) in [6.45, 7) is 7.55. The predicted octanol–water partition coefficient (Wildman–Crippen LogP) is 2.49. The lowest BCUT2D eigenvalue weighted by Crippen LogP contribution is -2.23. The number of nitriles is 1. The fourth-order valence-corrected chi connectivity index (χ4v) is 2.90. The van der Waals surface area contributed by atoms with Crippen LogP contribution in [0.1, 0.15) is 29.3 Å². The highest BCUT2D eigenvalue weighted by Crippen LogP contribution is 2.20. The van der Waals surface area contributed by atoms with E-state index in [1.54, 1.807) is 18.3 Å². The first-order chi connectivity index (χ1) is 11.2. The van der Waals surface area contributed by atoms with Crippen LogP contribution in [0.4, 0.5) is 5.82 Å². The second kappa shape index (κ2) is 6.80. The van der Waals surface area contributed by atoms with Crippen molar-refractivity contribution in [1.82, 2.24) is 14.9 Å². The molecule has 0 spiro atoms. The first-order valence-corrected chi connectivity index (χ1v) is 7.90. The van der Waals surface area contributed by atoms with E-state index in [0.717, 1.165) is 49.9 Å². The molecule has 6 heteroatoms. The number of hydrogen-bond donors (Lipinski definition) is 1. The molecule has 1 fully saturated rings. The Hall–Kier alpha value is -2.39. The smallest absolute Gasteiger partial charge is 0.208 e. The fourth-order valence-electron chi connectivity index (χ4n) is 2.90. The van der Waals surface area contributed by atoms with Crippen LogP contribution < -0.4 is 5.32 Å². The van der Waals surface area contributed by atoms with Crippen LogP contribution in [-0.2, 0) is 6.54 Å². The van der Waals surface area contributed by atoms with Crippen molar-refractivity contribution in [2.75, 3.05) is 25.0 Å². The average molecular weight is 311 g/mol. The fraction of sp³-hybridized carbons (Fsp3) is 0.471. The van der Waals surface area contributed by atoms with E-state index in [9.17, 15) is 0 Å².